The van der Waals surface area contributed by atoms with Crippen LogP contribution in [-0.2, 0) is 19.5 Å². The van der Waals surface area contributed by atoms with E-state index in [1.54, 1.807) is 0 Å². The van der Waals surface area contributed by atoms with Gasteiger partial charge in [-0.3, -0.25) is 0 Å². The Kier molecular flexibility index (Phi) is 71.7. The van der Waals surface area contributed by atoms with E-state index >= 15 is 0 Å². The minimum absolute atomic E-state index is 0. The predicted octanol–water partition coefficient (Wildman–Crippen LogP) is -0.524. The van der Waals surface area contributed by atoms with Crippen molar-refractivity contribution in [1.82, 2.24) is 0 Å². The summed E-state index contributed by atoms with van der Waals surface area (Å²) in [5, 5.41) is 0. The van der Waals surface area contributed by atoms with E-state index in [1.807, 2.05) is 0 Å². The van der Waals surface area contributed by atoms with Crippen LogP contribution in [0.5, 0.6) is 0 Å². The molecule has 2 nitrogen and oxygen atoms in total. The minimum atomic E-state index is 0. The summed E-state index contributed by atoms with van der Waals surface area (Å²) in [5.74, 6) is 0. The molecule has 0 radical (unpaired) electrons. The molecule has 0 bridgehead atoms. The van der Waals surface area contributed by atoms with Crippen LogP contribution in [0.15, 0.2) is 0 Å². The summed E-state index contributed by atoms with van der Waals surface area (Å²) in [6.45, 7) is 0. The molecule has 0 unspecified atom stereocenters. The van der Waals surface area contributed by atoms with E-state index in [2.05, 4.69) is 17.3 Å². The zero-order valence-electron chi connectivity index (χ0n) is 2.74. The molecule has 0 saturated carbocycles. The van der Waals surface area contributed by atoms with Crippen LogP contribution in [0.1, 0.15) is 0 Å². The van der Waals surface area contributed by atoms with Crippen molar-refractivity contribution in [1.29, 1.82) is 0 Å². The van der Waals surface area contributed by atoms with Gasteiger partial charge < -0.3 is 22.8 Å². The first-order chi connectivity index (χ1) is 1.41. The van der Waals surface area contributed by atoms with Gasteiger partial charge in [0.2, 0.25) is 0 Å². The van der Waals surface area contributed by atoms with Crippen molar-refractivity contribution in [3.63, 3.8) is 0 Å². The first-order valence-corrected chi connectivity index (χ1v) is 0.988. The number of hydrogen-bond donors (Lipinski definition) is 1. The van der Waals surface area contributed by atoms with E-state index < -0.39 is 0 Å². The molecule has 0 amide bonds. The van der Waals surface area contributed by atoms with Gasteiger partial charge in [-0.15, -0.1) is 0 Å². The third-order valence-corrected chi connectivity index (χ3v) is 0. The number of hydrogen-bond acceptors (Lipinski definition) is 1. The first kappa shape index (κ1) is 17.0. The van der Waals surface area contributed by atoms with Crippen molar-refractivity contribution >= 4 is 11.6 Å². The molecule has 0 atom stereocenters. The van der Waals surface area contributed by atoms with Crippen molar-refractivity contribution in [3.05, 3.63) is 6.00 Å². The van der Waals surface area contributed by atoms with Crippen LogP contribution in [0.3, 0.4) is 0 Å². The van der Waals surface area contributed by atoms with Crippen molar-refractivity contribution < 1.29 is 25.0 Å². The van der Waals surface area contributed by atoms with Crippen molar-refractivity contribution in [2.75, 3.05) is 0 Å². The Hall–Kier alpha value is 0.833. The molecule has 0 rings (SSSR count). The molecular formula is CH5ClNOZn-. The third kappa shape index (κ3) is 55.9. The Balaban J connectivity index is -0.0000000200. The molecule has 0 saturated heterocycles. The van der Waals surface area contributed by atoms with Gasteiger partial charge in [-0.2, -0.15) is 6.00 Å². The summed E-state index contributed by atoms with van der Waals surface area (Å²) in [5.41, 5.74) is 4.49. The molecule has 4 heteroatoms. The number of nitrogens with two attached hydrogens (primary N) is 1. The standard InChI is InChI=1S/CH3ClN.H2O.Zn/c2-1-3;;/h1H,3H2;1H2;/q-1;;. The second-order valence-electron chi connectivity index (χ2n) is 0.126. The molecule has 4 N–H and O–H groups in total. The molecule has 30 valence electrons. The van der Waals surface area contributed by atoms with Gasteiger partial charge in [0.25, 0.3) is 0 Å². The maximum atomic E-state index is 4.65. The van der Waals surface area contributed by atoms with Crippen LogP contribution in [0.2, 0.25) is 0 Å². The molecule has 0 aliphatic rings. The Morgan fingerprint density at radius 2 is 1.60 bits per heavy atom. The Morgan fingerprint density at radius 1 is 1.60 bits per heavy atom. The molecular weight excluding hydrogens is 143 g/mol. The Bertz CT molecular complexity index is 11.6. The molecule has 0 aliphatic carbocycles. The molecule has 0 aromatic carbocycles. The number of rotatable bonds is 0. The van der Waals surface area contributed by atoms with Crippen LogP contribution in [-0.4, -0.2) is 5.48 Å². The normalized spacial score (nSPS) is 3.60. The smallest absolute Gasteiger partial charge is 0 e. The zero-order chi connectivity index (χ0) is 2.71. The van der Waals surface area contributed by atoms with Gasteiger partial charge >= 0.3 is 0 Å². The topological polar surface area (TPSA) is 57.5 Å². The average Bonchev–Trinajstić information content (AvgIpc) is 0.918. The molecule has 0 heterocycles. The fourth-order valence-electron chi connectivity index (χ4n) is 0. The molecule has 0 aromatic rings. The summed E-state index contributed by atoms with van der Waals surface area (Å²) in [6.07, 6.45) is 0. The van der Waals surface area contributed by atoms with Gasteiger partial charge in [-0.05, 0) is 0 Å². The molecule has 5 heavy (non-hydrogen) atoms. The van der Waals surface area contributed by atoms with Gasteiger partial charge in [-0.1, -0.05) is 0 Å². The maximum absolute atomic E-state index is 4.65. The van der Waals surface area contributed by atoms with E-state index in [-0.39, 0.29) is 25.0 Å². The number of halogens is 1. The second kappa shape index (κ2) is 21.1. The molecule has 0 aliphatic heterocycles. The minimum Gasteiger partial charge on any atom is -0.469 e. The SMILES string of the molecule is N[CH-]Cl.O.[Zn]. The van der Waals surface area contributed by atoms with Gasteiger partial charge in [0.05, 0.1) is 0 Å². The Morgan fingerprint density at radius 3 is 1.60 bits per heavy atom. The maximum Gasteiger partial charge on any atom is 0 e. The second-order valence-corrected chi connectivity index (χ2v) is 0.378. The summed E-state index contributed by atoms with van der Waals surface area (Å²) in [7, 11) is 0. The van der Waals surface area contributed by atoms with Crippen LogP contribution in [0.4, 0.5) is 0 Å². The van der Waals surface area contributed by atoms with Crippen LogP contribution in [0.25, 0.3) is 0 Å². The van der Waals surface area contributed by atoms with Crippen molar-refractivity contribution in [2.45, 2.75) is 0 Å². The van der Waals surface area contributed by atoms with Gasteiger partial charge in [-0.25, -0.2) is 0 Å². The van der Waals surface area contributed by atoms with E-state index in [9.17, 15) is 0 Å². The predicted molar refractivity (Wildman–Crippen MR) is 18.0 cm³/mol. The van der Waals surface area contributed by atoms with Gasteiger partial charge in [0.15, 0.2) is 0 Å². The fourth-order valence-corrected chi connectivity index (χ4v) is 0. The van der Waals surface area contributed by atoms with Crippen LogP contribution >= 0.6 is 11.6 Å². The summed E-state index contributed by atoms with van der Waals surface area (Å²) in [6, 6.07) is 0.972. The zero-order valence-corrected chi connectivity index (χ0v) is 6.46. The molecule has 0 aromatic heterocycles. The quantitative estimate of drug-likeness (QED) is 0.280. The van der Waals surface area contributed by atoms with Crippen LogP contribution < -0.4 is 5.73 Å². The monoisotopic (exact) mass is 146 g/mol. The van der Waals surface area contributed by atoms with E-state index in [4.69, 9.17) is 0 Å². The fraction of sp³-hybridized carbons (Fsp3) is 0. The first-order valence-electron chi connectivity index (χ1n) is 0.552. The van der Waals surface area contributed by atoms with Crippen molar-refractivity contribution in [3.8, 4) is 0 Å². The van der Waals surface area contributed by atoms with E-state index in [0.717, 1.165) is 6.00 Å². The Labute approximate surface area is 48.7 Å². The van der Waals surface area contributed by atoms with Crippen LogP contribution in [0, 0.1) is 6.00 Å². The largest absolute Gasteiger partial charge is 0.469 e. The van der Waals surface area contributed by atoms with Gasteiger partial charge in [0.1, 0.15) is 0 Å². The third-order valence-electron chi connectivity index (χ3n) is 0. The average molecular weight is 148 g/mol. The molecule has 0 fully saturated rings. The van der Waals surface area contributed by atoms with Crippen molar-refractivity contribution in [2.24, 2.45) is 5.73 Å². The molecule has 0 spiro atoms. The van der Waals surface area contributed by atoms with E-state index in [0.29, 0.717) is 0 Å². The summed E-state index contributed by atoms with van der Waals surface area (Å²) in [4.78, 5) is 0. The summed E-state index contributed by atoms with van der Waals surface area (Å²) >= 11 is 4.65. The van der Waals surface area contributed by atoms with Gasteiger partial charge in [0, 0.05) is 19.5 Å². The summed E-state index contributed by atoms with van der Waals surface area (Å²) < 4.78 is 0. The van der Waals surface area contributed by atoms with E-state index in [1.165, 1.54) is 0 Å².